The number of hydrogen-bond donors (Lipinski definition) is 0. The number of halogens is 1. The SMILES string of the molecule is CCO[Si](OC(C)N(C)C)(OC(C)N(C)C)C(Cl)CC. The first kappa shape index (κ1) is 20.3. The van der Waals surface area contributed by atoms with Crippen LogP contribution >= 0.6 is 11.6 Å². The molecule has 0 aliphatic heterocycles. The number of rotatable bonds is 10. The van der Waals surface area contributed by atoms with Crippen molar-refractivity contribution in [2.45, 2.75) is 51.6 Å². The Morgan fingerprint density at radius 1 is 0.950 bits per heavy atom. The number of hydrogen-bond acceptors (Lipinski definition) is 5. The maximum atomic E-state index is 6.51. The van der Waals surface area contributed by atoms with Crippen LogP contribution in [0.1, 0.15) is 34.1 Å². The molecule has 0 rings (SSSR count). The zero-order valence-corrected chi connectivity index (χ0v) is 15.9. The normalized spacial score (nSPS) is 19.9. The molecule has 5 nitrogen and oxygen atoms in total. The summed E-state index contributed by atoms with van der Waals surface area (Å²) >= 11 is 6.51. The van der Waals surface area contributed by atoms with Crippen molar-refractivity contribution in [1.82, 2.24) is 9.80 Å². The molecule has 0 aromatic rings. The summed E-state index contributed by atoms with van der Waals surface area (Å²) in [5.74, 6) is 0. The van der Waals surface area contributed by atoms with Crippen molar-refractivity contribution in [1.29, 1.82) is 0 Å². The van der Waals surface area contributed by atoms with E-state index in [9.17, 15) is 0 Å². The quantitative estimate of drug-likeness (QED) is 0.350. The van der Waals surface area contributed by atoms with Crippen LogP contribution in [0.5, 0.6) is 0 Å². The van der Waals surface area contributed by atoms with E-state index in [2.05, 4.69) is 0 Å². The molecule has 0 N–H and O–H groups in total. The van der Waals surface area contributed by atoms with E-state index in [4.69, 9.17) is 24.9 Å². The van der Waals surface area contributed by atoms with Gasteiger partial charge in [0.25, 0.3) is 0 Å². The van der Waals surface area contributed by atoms with Crippen LogP contribution in [0.25, 0.3) is 0 Å². The fraction of sp³-hybridized carbons (Fsp3) is 1.00. The Kier molecular flexibility index (Phi) is 9.49. The minimum Gasteiger partial charge on any atom is -0.373 e. The lowest BCUT2D eigenvalue weighted by Crippen LogP contribution is -2.60. The lowest BCUT2D eigenvalue weighted by molar-refractivity contribution is -0.0577. The van der Waals surface area contributed by atoms with Gasteiger partial charge in [-0.05, 0) is 55.4 Å². The van der Waals surface area contributed by atoms with Gasteiger partial charge in [0.1, 0.15) is 17.5 Å². The van der Waals surface area contributed by atoms with Crippen molar-refractivity contribution in [2.24, 2.45) is 0 Å². The van der Waals surface area contributed by atoms with Gasteiger partial charge in [0.05, 0.1) is 0 Å². The highest BCUT2D eigenvalue weighted by Gasteiger charge is 2.51. The Morgan fingerprint density at radius 2 is 1.35 bits per heavy atom. The third kappa shape index (κ3) is 5.97. The second-order valence-electron chi connectivity index (χ2n) is 5.27. The highest BCUT2D eigenvalue weighted by Crippen LogP contribution is 2.26. The van der Waals surface area contributed by atoms with E-state index in [-0.39, 0.29) is 17.5 Å². The molecule has 0 aliphatic rings. The van der Waals surface area contributed by atoms with Crippen LogP contribution in [0.15, 0.2) is 0 Å². The summed E-state index contributed by atoms with van der Waals surface area (Å²) in [7, 11) is 4.87. The largest absolute Gasteiger partial charge is 0.522 e. The maximum absolute atomic E-state index is 6.51. The van der Waals surface area contributed by atoms with Crippen molar-refractivity contribution in [2.75, 3.05) is 34.8 Å². The first-order chi connectivity index (χ1) is 9.20. The summed E-state index contributed by atoms with van der Waals surface area (Å²) in [5.41, 5.74) is 0. The van der Waals surface area contributed by atoms with E-state index in [1.54, 1.807) is 0 Å². The predicted octanol–water partition coefficient (Wildman–Crippen LogP) is 2.37. The fourth-order valence-corrected chi connectivity index (χ4v) is 4.91. The van der Waals surface area contributed by atoms with Gasteiger partial charge < -0.3 is 13.3 Å². The molecule has 0 aliphatic carbocycles. The average Bonchev–Trinajstić information content (AvgIpc) is 2.37. The average molecular weight is 327 g/mol. The Hall–Kier alpha value is 0.307. The first-order valence-electron chi connectivity index (χ1n) is 7.16. The zero-order valence-electron chi connectivity index (χ0n) is 14.1. The van der Waals surface area contributed by atoms with Gasteiger partial charge in [0.15, 0.2) is 0 Å². The second kappa shape index (κ2) is 9.35. The molecule has 0 heterocycles. The maximum Gasteiger partial charge on any atom is 0.522 e. The Bertz CT molecular complexity index is 254. The molecule has 0 fully saturated rings. The predicted molar refractivity (Wildman–Crippen MR) is 85.8 cm³/mol. The van der Waals surface area contributed by atoms with E-state index in [0.29, 0.717) is 6.61 Å². The monoisotopic (exact) mass is 326 g/mol. The van der Waals surface area contributed by atoms with E-state index < -0.39 is 8.80 Å². The molecule has 0 spiro atoms. The molecule has 20 heavy (non-hydrogen) atoms. The molecule has 0 aromatic heterocycles. The standard InChI is InChI=1S/C13H31ClN2O3Si/c1-9-13(14)20(17-10-2,18-11(3)15(5)6)19-12(4)16(7)8/h11-13H,9-10H2,1-8H3. The summed E-state index contributed by atoms with van der Waals surface area (Å²) < 4.78 is 18.3. The van der Waals surface area contributed by atoms with Crippen LogP contribution in [0.4, 0.5) is 0 Å². The van der Waals surface area contributed by atoms with E-state index in [0.717, 1.165) is 6.42 Å². The van der Waals surface area contributed by atoms with Crippen LogP contribution in [0.2, 0.25) is 0 Å². The summed E-state index contributed by atoms with van der Waals surface area (Å²) in [4.78, 5) is 3.95. The van der Waals surface area contributed by atoms with Gasteiger partial charge in [-0.1, -0.05) is 6.92 Å². The number of nitrogens with zero attached hydrogens (tertiary/aromatic N) is 2. The van der Waals surface area contributed by atoms with Crippen molar-refractivity contribution in [3.63, 3.8) is 0 Å². The zero-order chi connectivity index (χ0) is 15.9. The van der Waals surface area contributed by atoms with Gasteiger partial charge in [-0.3, -0.25) is 9.80 Å². The highest BCUT2D eigenvalue weighted by molar-refractivity contribution is 6.71. The Morgan fingerprint density at radius 3 is 1.60 bits per heavy atom. The van der Waals surface area contributed by atoms with Crippen LogP contribution in [0, 0.1) is 0 Å². The fourth-order valence-electron chi connectivity index (χ4n) is 1.47. The summed E-state index contributed by atoms with van der Waals surface area (Å²) in [5, 5.41) is -0.257. The summed E-state index contributed by atoms with van der Waals surface area (Å²) in [6.07, 6.45) is 0.513. The van der Waals surface area contributed by atoms with Crippen LogP contribution in [0.3, 0.4) is 0 Å². The molecule has 3 atom stereocenters. The highest BCUT2D eigenvalue weighted by atomic mass is 35.5. The van der Waals surface area contributed by atoms with E-state index >= 15 is 0 Å². The van der Waals surface area contributed by atoms with Gasteiger partial charge in [-0.2, -0.15) is 0 Å². The molecule has 7 heteroatoms. The third-order valence-electron chi connectivity index (χ3n) is 3.21. The molecule has 3 unspecified atom stereocenters. The first-order valence-corrected chi connectivity index (χ1v) is 9.40. The molecule has 0 bridgehead atoms. The smallest absolute Gasteiger partial charge is 0.373 e. The number of alkyl halides is 1. The van der Waals surface area contributed by atoms with E-state index in [1.165, 1.54) is 0 Å². The van der Waals surface area contributed by atoms with Crippen LogP contribution in [-0.4, -0.2) is 70.9 Å². The molecule has 0 aromatic carbocycles. The van der Waals surface area contributed by atoms with Crippen LogP contribution < -0.4 is 0 Å². The van der Waals surface area contributed by atoms with Gasteiger partial charge in [-0.15, -0.1) is 11.6 Å². The molecule has 0 saturated heterocycles. The van der Waals surface area contributed by atoms with Crippen molar-refractivity contribution >= 4 is 20.4 Å². The van der Waals surface area contributed by atoms with Gasteiger partial charge in [0, 0.05) is 6.61 Å². The van der Waals surface area contributed by atoms with Crippen molar-refractivity contribution in [3.05, 3.63) is 0 Å². The van der Waals surface area contributed by atoms with Gasteiger partial charge in [0.2, 0.25) is 0 Å². The Labute approximate surface area is 130 Å². The second-order valence-corrected chi connectivity index (χ2v) is 8.83. The minimum atomic E-state index is -2.97. The molecule has 0 saturated carbocycles. The Balaban J connectivity index is 5.23. The van der Waals surface area contributed by atoms with Gasteiger partial charge >= 0.3 is 8.80 Å². The molecular weight excluding hydrogens is 296 g/mol. The van der Waals surface area contributed by atoms with Crippen molar-refractivity contribution in [3.8, 4) is 0 Å². The molecule has 0 amide bonds. The topological polar surface area (TPSA) is 34.2 Å². The minimum absolute atomic E-state index is 0.115. The molecule has 0 radical (unpaired) electrons. The van der Waals surface area contributed by atoms with Crippen molar-refractivity contribution < 1.29 is 13.3 Å². The third-order valence-corrected chi connectivity index (χ3v) is 7.53. The molecular formula is C13H31ClN2O3Si. The van der Waals surface area contributed by atoms with E-state index in [1.807, 2.05) is 65.7 Å². The lowest BCUT2D eigenvalue weighted by atomic mass is 10.6. The molecule has 122 valence electrons. The lowest BCUT2D eigenvalue weighted by Gasteiger charge is -2.39. The van der Waals surface area contributed by atoms with Crippen LogP contribution in [-0.2, 0) is 13.3 Å². The summed E-state index contributed by atoms with van der Waals surface area (Å²) in [6, 6.07) is 0. The van der Waals surface area contributed by atoms with Gasteiger partial charge in [-0.25, -0.2) is 0 Å². The summed E-state index contributed by atoms with van der Waals surface area (Å²) in [6.45, 7) is 8.43.